The second-order valence-electron chi connectivity index (χ2n) is 7.41. The quantitative estimate of drug-likeness (QED) is 0.127. The zero-order chi connectivity index (χ0) is 26.4. The molecule has 0 saturated carbocycles. The summed E-state index contributed by atoms with van der Waals surface area (Å²) in [5.41, 5.74) is 6.38. The van der Waals surface area contributed by atoms with E-state index >= 15 is 0 Å². The van der Waals surface area contributed by atoms with Crippen molar-refractivity contribution in [3.05, 3.63) is 74.1 Å². The maximum absolute atomic E-state index is 12.6. The van der Waals surface area contributed by atoms with Crippen molar-refractivity contribution in [1.82, 2.24) is 14.8 Å². The third-order valence-electron chi connectivity index (χ3n) is 4.77. The van der Waals surface area contributed by atoms with Crippen LogP contribution in [0.4, 0.5) is 5.00 Å². The van der Waals surface area contributed by atoms with Crippen LogP contribution >= 0.6 is 58.5 Å². The van der Waals surface area contributed by atoms with Gasteiger partial charge in [0.25, 0.3) is 11.1 Å². The first-order valence-electron chi connectivity index (χ1n) is 10.8. The fourth-order valence-corrected chi connectivity index (χ4v) is 5.58. The van der Waals surface area contributed by atoms with Crippen LogP contribution in [0.15, 0.2) is 58.2 Å². The van der Waals surface area contributed by atoms with Crippen molar-refractivity contribution in [2.75, 3.05) is 17.7 Å². The SMILES string of the molecule is NC(=O)c1c(NC(=O)CSc2nnc(CCCOc3ccc(Cl)cc3Cl)o2)sc(=S)n1-c1ccccc1. The van der Waals surface area contributed by atoms with Crippen molar-refractivity contribution in [2.45, 2.75) is 18.1 Å². The molecular formula is C23H19Cl2N5O4S3. The first-order valence-corrected chi connectivity index (χ1v) is 13.7. The molecule has 2 heterocycles. The highest BCUT2D eigenvalue weighted by atomic mass is 35.5. The Bertz CT molecular complexity index is 1470. The van der Waals surface area contributed by atoms with Gasteiger partial charge in [-0.1, -0.05) is 64.5 Å². The summed E-state index contributed by atoms with van der Waals surface area (Å²) in [7, 11) is 0. The van der Waals surface area contributed by atoms with E-state index in [0.29, 0.717) is 50.8 Å². The molecule has 37 heavy (non-hydrogen) atoms. The number of rotatable bonds is 11. The Morgan fingerprint density at radius 2 is 1.97 bits per heavy atom. The molecule has 0 aliphatic rings. The second-order valence-corrected chi connectivity index (χ2v) is 10.8. The lowest BCUT2D eigenvalue weighted by Gasteiger charge is -2.08. The highest BCUT2D eigenvalue weighted by molar-refractivity contribution is 7.99. The number of aromatic nitrogens is 3. The number of ether oxygens (including phenoxy) is 1. The van der Waals surface area contributed by atoms with E-state index in [1.54, 1.807) is 34.9 Å². The second kappa shape index (κ2) is 12.6. The Kier molecular flexibility index (Phi) is 9.22. The Balaban J connectivity index is 1.29. The average molecular weight is 597 g/mol. The molecule has 0 aliphatic heterocycles. The highest BCUT2D eigenvalue weighted by Crippen LogP contribution is 2.30. The minimum absolute atomic E-state index is 0.0198. The summed E-state index contributed by atoms with van der Waals surface area (Å²) in [6, 6.07) is 14.1. The molecule has 192 valence electrons. The van der Waals surface area contributed by atoms with Crippen molar-refractivity contribution >= 4 is 75.3 Å². The molecule has 0 bridgehead atoms. The fourth-order valence-electron chi connectivity index (χ4n) is 3.18. The minimum atomic E-state index is -0.706. The third kappa shape index (κ3) is 7.11. The van der Waals surface area contributed by atoms with Crippen molar-refractivity contribution in [3.63, 3.8) is 0 Å². The number of thioether (sulfide) groups is 1. The van der Waals surface area contributed by atoms with Gasteiger partial charge < -0.3 is 20.2 Å². The van der Waals surface area contributed by atoms with E-state index in [4.69, 9.17) is 50.3 Å². The van der Waals surface area contributed by atoms with Crippen molar-refractivity contribution < 1.29 is 18.7 Å². The third-order valence-corrected chi connectivity index (χ3v) is 7.41. The average Bonchev–Trinajstić information content (AvgIpc) is 3.45. The van der Waals surface area contributed by atoms with Gasteiger partial charge in [-0.25, -0.2) is 0 Å². The topological polar surface area (TPSA) is 125 Å². The number of benzene rings is 2. The first kappa shape index (κ1) is 27.1. The molecule has 0 unspecified atom stereocenters. The summed E-state index contributed by atoms with van der Waals surface area (Å²) in [4.78, 5) is 24.7. The molecule has 0 radical (unpaired) electrons. The highest BCUT2D eigenvalue weighted by Gasteiger charge is 2.21. The molecule has 2 aromatic heterocycles. The molecule has 0 saturated heterocycles. The van der Waals surface area contributed by atoms with E-state index in [0.717, 1.165) is 23.1 Å². The van der Waals surface area contributed by atoms with Gasteiger partial charge in [-0.15, -0.1) is 10.2 Å². The predicted octanol–water partition coefficient (Wildman–Crippen LogP) is 5.80. The summed E-state index contributed by atoms with van der Waals surface area (Å²) in [6.07, 6.45) is 1.11. The number of primary amides is 1. The number of carbonyl (C=O) groups excluding carboxylic acids is 2. The standard InChI is InChI=1S/C23H19Cl2N5O4S3/c24-13-8-9-16(15(25)11-13)33-10-4-7-18-28-29-22(34-18)36-12-17(31)27-21-19(20(26)32)30(23(35)37-21)14-5-2-1-3-6-14/h1-3,5-6,8-9,11H,4,7,10,12H2,(H2,26,32)(H,27,31). The van der Waals surface area contributed by atoms with Gasteiger partial charge in [0.1, 0.15) is 16.4 Å². The summed E-state index contributed by atoms with van der Waals surface area (Å²) in [5.74, 6) is -0.141. The van der Waals surface area contributed by atoms with Gasteiger partial charge in [0.05, 0.1) is 17.4 Å². The van der Waals surface area contributed by atoms with Gasteiger partial charge in [-0.05, 0) is 49.0 Å². The van der Waals surface area contributed by atoms with Crippen LogP contribution in [0.5, 0.6) is 5.75 Å². The molecule has 0 fully saturated rings. The van der Waals surface area contributed by atoms with E-state index in [1.807, 2.05) is 18.2 Å². The lowest BCUT2D eigenvalue weighted by molar-refractivity contribution is -0.113. The number of nitrogens with two attached hydrogens (primary N) is 1. The van der Waals surface area contributed by atoms with Crippen LogP contribution in [0.25, 0.3) is 5.69 Å². The van der Waals surface area contributed by atoms with Crippen LogP contribution in [-0.2, 0) is 11.2 Å². The fraction of sp³-hybridized carbons (Fsp3) is 0.174. The van der Waals surface area contributed by atoms with Gasteiger partial charge in [0, 0.05) is 17.1 Å². The first-order chi connectivity index (χ1) is 17.8. The largest absolute Gasteiger partial charge is 0.492 e. The number of halogens is 2. The number of thiazole rings is 1. The summed E-state index contributed by atoms with van der Waals surface area (Å²) >= 11 is 19.5. The molecule has 2 amide bonds. The monoisotopic (exact) mass is 595 g/mol. The molecule has 0 spiro atoms. The van der Waals surface area contributed by atoms with E-state index in [-0.39, 0.29) is 27.6 Å². The number of hydrogen-bond donors (Lipinski definition) is 2. The van der Waals surface area contributed by atoms with Crippen LogP contribution in [0, 0.1) is 3.95 Å². The van der Waals surface area contributed by atoms with Gasteiger partial charge in [0.2, 0.25) is 11.8 Å². The molecule has 4 aromatic rings. The molecule has 2 aromatic carbocycles. The molecule has 14 heteroatoms. The number of para-hydroxylation sites is 1. The lowest BCUT2D eigenvalue weighted by Crippen LogP contribution is -2.21. The summed E-state index contributed by atoms with van der Waals surface area (Å²) in [5, 5.41) is 12.2. The zero-order valence-corrected chi connectivity index (χ0v) is 22.9. The minimum Gasteiger partial charge on any atom is -0.492 e. The number of anilines is 1. The molecule has 4 rings (SSSR count). The molecule has 0 atom stereocenters. The Labute approximate surface area is 234 Å². The van der Waals surface area contributed by atoms with E-state index < -0.39 is 5.91 Å². The predicted molar refractivity (Wildman–Crippen MR) is 147 cm³/mol. The van der Waals surface area contributed by atoms with Gasteiger partial charge in [-0.2, -0.15) is 0 Å². The van der Waals surface area contributed by atoms with E-state index in [2.05, 4.69) is 15.5 Å². The lowest BCUT2D eigenvalue weighted by atomic mass is 10.3. The molecular weight excluding hydrogens is 577 g/mol. The van der Waals surface area contributed by atoms with Crippen LogP contribution in [0.2, 0.25) is 10.0 Å². The normalized spacial score (nSPS) is 10.9. The molecule has 0 aliphatic carbocycles. The number of hydrogen-bond acceptors (Lipinski definition) is 9. The van der Waals surface area contributed by atoms with E-state index in [1.165, 1.54) is 0 Å². The van der Waals surface area contributed by atoms with Crippen LogP contribution in [-0.4, -0.2) is 38.9 Å². The maximum atomic E-state index is 12.6. The molecule has 3 N–H and O–H groups in total. The van der Waals surface area contributed by atoms with Crippen LogP contribution in [0.3, 0.4) is 0 Å². The number of aryl methyl sites for hydroxylation is 1. The van der Waals surface area contributed by atoms with Crippen molar-refractivity contribution in [1.29, 1.82) is 0 Å². The number of amides is 2. The van der Waals surface area contributed by atoms with Crippen LogP contribution < -0.4 is 15.8 Å². The Morgan fingerprint density at radius 3 is 2.70 bits per heavy atom. The van der Waals surface area contributed by atoms with Gasteiger partial charge in [0.15, 0.2) is 3.95 Å². The number of carbonyl (C=O) groups is 2. The smallest absolute Gasteiger partial charge is 0.277 e. The summed E-state index contributed by atoms with van der Waals surface area (Å²) < 4.78 is 13.2. The zero-order valence-electron chi connectivity index (χ0n) is 19.0. The van der Waals surface area contributed by atoms with Crippen molar-refractivity contribution in [2.24, 2.45) is 5.73 Å². The van der Waals surface area contributed by atoms with E-state index in [9.17, 15) is 9.59 Å². The summed E-state index contributed by atoms with van der Waals surface area (Å²) in [6.45, 7) is 0.394. The van der Waals surface area contributed by atoms with Gasteiger partial charge in [-0.3, -0.25) is 14.2 Å². The molecule has 9 nitrogen and oxygen atoms in total. The maximum Gasteiger partial charge on any atom is 0.277 e. The Hall–Kier alpha value is -2.90. The Morgan fingerprint density at radius 1 is 1.19 bits per heavy atom. The number of nitrogens with one attached hydrogen (secondary N) is 1. The van der Waals surface area contributed by atoms with Gasteiger partial charge >= 0.3 is 0 Å². The van der Waals surface area contributed by atoms with Crippen LogP contribution in [0.1, 0.15) is 22.8 Å². The van der Waals surface area contributed by atoms with Crippen molar-refractivity contribution in [3.8, 4) is 11.4 Å². The number of nitrogens with zero attached hydrogens (tertiary/aromatic N) is 3.